The van der Waals surface area contributed by atoms with Crippen molar-refractivity contribution < 1.29 is 9.18 Å². The second-order valence-corrected chi connectivity index (χ2v) is 4.89. The van der Waals surface area contributed by atoms with Gasteiger partial charge in [0.15, 0.2) is 0 Å². The fourth-order valence-corrected chi connectivity index (χ4v) is 2.22. The van der Waals surface area contributed by atoms with Gasteiger partial charge in [-0.25, -0.2) is 14.2 Å². The van der Waals surface area contributed by atoms with E-state index in [1.165, 1.54) is 24.3 Å². The Morgan fingerprint density at radius 3 is 2.64 bits per heavy atom. The number of hydrogen-bond donors (Lipinski definition) is 2. The molecule has 0 spiro atoms. The molecule has 22 heavy (non-hydrogen) atoms. The molecule has 0 radical (unpaired) electrons. The van der Waals surface area contributed by atoms with Gasteiger partial charge >= 0.3 is 6.03 Å². The number of benzene rings is 2. The monoisotopic (exact) mass is 298 g/mol. The van der Waals surface area contributed by atoms with Crippen molar-refractivity contribution in [1.29, 1.82) is 0 Å². The smallest absolute Gasteiger partial charge is 0.319 e. The van der Waals surface area contributed by atoms with Crippen molar-refractivity contribution in [3.63, 3.8) is 0 Å². The van der Waals surface area contributed by atoms with E-state index in [1.54, 1.807) is 0 Å². The fourth-order valence-electron chi connectivity index (χ4n) is 2.22. The number of hydrogen-bond acceptors (Lipinski definition) is 2. The van der Waals surface area contributed by atoms with Crippen LogP contribution in [-0.2, 0) is 13.6 Å². The zero-order valence-corrected chi connectivity index (χ0v) is 12.0. The minimum Gasteiger partial charge on any atom is -0.331 e. The van der Waals surface area contributed by atoms with Crippen LogP contribution >= 0.6 is 0 Å². The molecule has 0 bridgehead atoms. The van der Waals surface area contributed by atoms with Gasteiger partial charge in [-0.2, -0.15) is 0 Å². The van der Waals surface area contributed by atoms with E-state index >= 15 is 0 Å². The molecule has 3 rings (SSSR count). The number of imidazole rings is 1. The molecule has 0 aliphatic heterocycles. The van der Waals surface area contributed by atoms with Gasteiger partial charge in [0, 0.05) is 12.7 Å². The van der Waals surface area contributed by atoms with Gasteiger partial charge in [0.2, 0.25) is 0 Å². The Bertz CT molecular complexity index is 811. The van der Waals surface area contributed by atoms with Gasteiger partial charge in [0.25, 0.3) is 0 Å². The van der Waals surface area contributed by atoms with Crippen LogP contribution < -0.4 is 10.6 Å². The van der Waals surface area contributed by atoms with Crippen LogP contribution in [0.1, 0.15) is 5.82 Å². The number of anilines is 1. The number of halogens is 1. The highest BCUT2D eigenvalue weighted by molar-refractivity contribution is 5.89. The lowest BCUT2D eigenvalue weighted by Gasteiger charge is -2.07. The predicted molar refractivity (Wildman–Crippen MR) is 83.0 cm³/mol. The molecular formula is C16H15FN4O. The molecule has 0 saturated heterocycles. The summed E-state index contributed by atoms with van der Waals surface area (Å²) in [6.07, 6.45) is 0. The molecule has 0 aliphatic carbocycles. The molecule has 0 aliphatic rings. The highest BCUT2D eigenvalue weighted by Gasteiger charge is 2.08. The van der Waals surface area contributed by atoms with Crippen molar-refractivity contribution in [2.45, 2.75) is 6.54 Å². The number of nitrogens with one attached hydrogen (secondary N) is 2. The fraction of sp³-hybridized carbons (Fsp3) is 0.125. The molecule has 0 atom stereocenters. The molecule has 112 valence electrons. The first kappa shape index (κ1) is 14.1. The van der Waals surface area contributed by atoms with Gasteiger partial charge in [-0.1, -0.05) is 12.1 Å². The number of para-hydroxylation sites is 2. The van der Waals surface area contributed by atoms with Gasteiger partial charge in [-0.3, -0.25) is 0 Å². The number of aryl methyl sites for hydroxylation is 1. The van der Waals surface area contributed by atoms with Crippen molar-refractivity contribution in [1.82, 2.24) is 14.9 Å². The van der Waals surface area contributed by atoms with Crippen LogP contribution in [0.15, 0.2) is 48.5 Å². The van der Waals surface area contributed by atoms with E-state index in [1.807, 2.05) is 35.9 Å². The first-order valence-corrected chi connectivity index (χ1v) is 6.84. The Labute approximate surface area is 126 Å². The lowest BCUT2D eigenvalue weighted by Crippen LogP contribution is -2.29. The van der Waals surface area contributed by atoms with E-state index in [0.29, 0.717) is 12.2 Å². The van der Waals surface area contributed by atoms with Gasteiger partial charge < -0.3 is 15.2 Å². The van der Waals surface area contributed by atoms with Crippen LogP contribution in [0.3, 0.4) is 0 Å². The highest BCUT2D eigenvalue weighted by atomic mass is 19.1. The van der Waals surface area contributed by atoms with Gasteiger partial charge in [0.05, 0.1) is 17.6 Å². The number of nitrogens with zero attached hydrogens (tertiary/aromatic N) is 2. The maximum atomic E-state index is 12.8. The Balaban J connectivity index is 1.64. The maximum absolute atomic E-state index is 12.8. The van der Waals surface area contributed by atoms with Crippen LogP contribution in [0.4, 0.5) is 14.9 Å². The molecule has 6 heteroatoms. The van der Waals surface area contributed by atoms with Crippen LogP contribution in [0.25, 0.3) is 11.0 Å². The number of carbonyl (C=O) groups excluding carboxylic acids is 1. The number of aromatic nitrogens is 2. The summed E-state index contributed by atoms with van der Waals surface area (Å²) in [5, 5.41) is 5.38. The Morgan fingerprint density at radius 1 is 1.18 bits per heavy atom. The Morgan fingerprint density at radius 2 is 1.91 bits per heavy atom. The molecule has 0 unspecified atom stereocenters. The normalized spacial score (nSPS) is 10.6. The Hall–Kier alpha value is -2.89. The van der Waals surface area contributed by atoms with E-state index < -0.39 is 0 Å². The second-order valence-electron chi connectivity index (χ2n) is 4.89. The summed E-state index contributed by atoms with van der Waals surface area (Å²) in [5.41, 5.74) is 2.43. The first-order valence-electron chi connectivity index (χ1n) is 6.84. The van der Waals surface area contributed by atoms with Gasteiger partial charge in [0.1, 0.15) is 11.6 Å². The molecule has 2 aromatic carbocycles. The SMILES string of the molecule is Cn1c(CNC(=O)Nc2ccc(F)cc2)nc2ccccc21. The van der Waals surface area contributed by atoms with Crippen LogP contribution in [0.2, 0.25) is 0 Å². The zero-order valence-electron chi connectivity index (χ0n) is 12.0. The van der Waals surface area contributed by atoms with Crippen molar-refractivity contribution >= 4 is 22.8 Å². The zero-order chi connectivity index (χ0) is 15.5. The largest absolute Gasteiger partial charge is 0.331 e. The molecule has 1 aromatic heterocycles. The van der Waals surface area contributed by atoms with E-state index in [9.17, 15) is 9.18 Å². The molecule has 3 aromatic rings. The third kappa shape index (κ3) is 2.90. The Kier molecular flexibility index (Phi) is 3.74. The van der Waals surface area contributed by atoms with Crippen LogP contribution in [-0.4, -0.2) is 15.6 Å². The van der Waals surface area contributed by atoms with E-state index in [-0.39, 0.29) is 11.8 Å². The third-order valence-electron chi connectivity index (χ3n) is 3.39. The van der Waals surface area contributed by atoms with E-state index in [2.05, 4.69) is 15.6 Å². The number of carbonyl (C=O) groups is 1. The summed E-state index contributed by atoms with van der Waals surface area (Å²) in [6, 6.07) is 13.0. The lowest BCUT2D eigenvalue weighted by atomic mass is 10.3. The predicted octanol–water partition coefficient (Wildman–Crippen LogP) is 3.03. The first-order chi connectivity index (χ1) is 10.6. The molecule has 0 fully saturated rings. The molecular weight excluding hydrogens is 283 g/mol. The van der Waals surface area contributed by atoms with Crippen molar-refractivity contribution in [3.05, 3.63) is 60.2 Å². The summed E-state index contributed by atoms with van der Waals surface area (Å²) in [5.74, 6) is 0.418. The van der Waals surface area contributed by atoms with Crippen molar-refractivity contribution in [3.8, 4) is 0 Å². The average Bonchev–Trinajstić information content (AvgIpc) is 2.84. The topological polar surface area (TPSA) is 59.0 Å². The molecule has 2 N–H and O–H groups in total. The van der Waals surface area contributed by atoms with Crippen molar-refractivity contribution in [2.24, 2.45) is 7.05 Å². The van der Waals surface area contributed by atoms with E-state index in [0.717, 1.165) is 16.9 Å². The number of fused-ring (bicyclic) bond motifs is 1. The second kappa shape index (κ2) is 5.85. The van der Waals surface area contributed by atoms with Gasteiger partial charge in [-0.05, 0) is 36.4 Å². The standard InChI is InChI=1S/C16H15FN4O/c1-21-14-5-3-2-4-13(14)20-15(21)10-18-16(22)19-12-8-6-11(17)7-9-12/h2-9H,10H2,1H3,(H2,18,19,22). The third-order valence-corrected chi connectivity index (χ3v) is 3.39. The molecule has 1 heterocycles. The number of urea groups is 1. The minimum absolute atomic E-state index is 0.304. The summed E-state index contributed by atoms with van der Waals surface area (Å²) in [7, 11) is 1.91. The summed E-state index contributed by atoms with van der Waals surface area (Å²) < 4.78 is 14.7. The minimum atomic E-state index is -0.362. The summed E-state index contributed by atoms with van der Waals surface area (Å²) in [4.78, 5) is 16.3. The quantitative estimate of drug-likeness (QED) is 0.781. The number of rotatable bonds is 3. The molecule has 5 nitrogen and oxygen atoms in total. The maximum Gasteiger partial charge on any atom is 0.319 e. The van der Waals surface area contributed by atoms with Gasteiger partial charge in [-0.15, -0.1) is 0 Å². The van der Waals surface area contributed by atoms with Crippen molar-refractivity contribution in [2.75, 3.05) is 5.32 Å². The highest BCUT2D eigenvalue weighted by Crippen LogP contribution is 2.14. The van der Waals surface area contributed by atoms with Crippen LogP contribution in [0.5, 0.6) is 0 Å². The lowest BCUT2D eigenvalue weighted by molar-refractivity contribution is 0.251. The molecule has 0 saturated carbocycles. The van der Waals surface area contributed by atoms with E-state index in [4.69, 9.17) is 0 Å². The average molecular weight is 298 g/mol. The van der Waals surface area contributed by atoms with Crippen LogP contribution in [0, 0.1) is 5.82 Å². The molecule has 2 amide bonds. The summed E-state index contributed by atoms with van der Waals surface area (Å²) >= 11 is 0. The number of amides is 2. The summed E-state index contributed by atoms with van der Waals surface area (Å²) in [6.45, 7) is 0.304.